The van der Waals surface area contributed by atoms with Gasteiger partial charge in [-0.3, -0.25) is 4.79 Å². The minimum absolute atomic E-state index is 0.154. The van der Waals surface area contributed by atoms with Crippen molar-refractivity contribution in [3.05, 3.63) is 76.0 Å². The van der Waals surface area contributed by atoms with Gasteiger partial charge in [0.15, 0.2) is 0 Å². The Bertz CT molecular complexity index is 993. The molecule has 5 nitrogen and oxygen atoms in total. The second-order valence-electron chi connectivity index (χ2n) is 6.73. The molecule has 1 atom stereocenters. The molecule has 0 bridgehead atoms. The Labute approximate surface area is 168 Å². The van der Waals surface area contributed by atoms with Crippen LogP contribution in [0.5, 0.6) is 0 Å². The number of carbonyl (C=O) groups is 2. The summed E-state index contributed by atoms with van der Waals surface area (Å²) in [5, 5.41) is 11.9. The van der Waals surface area contributed by atoms with Crippen LogP contribution < -0.4 is 10.2 Å². The lowest BCUT2D eigenvalue weighted by molar-refractivity contribution is 0.0702. The van der Waals surface area contributed by atoms with Crippen LogP contribution in [0.25, 0.3) is 11.1 Å². The van der Waals surface area contributed by atoms with Gasteiger partial charge in [-0.2, -0.15) is 0 Å². The first-order valence-corrected chi connectivity index (χ1v) is 9.68. The van der Waals surface area contributed by atoms with Gasteiger partial charge in [-0.05, 0) is 53.9 Å². The lowest BCUT2D eigenvalue weighted by atomic mass is 10.00. The molecule has 2 N–H and O–H groups in total. The number of amides is 1. The molecule has 1 amide bonds. The van der Waals surface area contributed by atoms with Gasteiger partial charge in [-0.25, -0.2) is 4.79 Å². The van der Waals surface area contributed by atoms with Gasteiger partial charge in [0, 0.05) is 19.8 Å². The highest BCUT2D eigenvalue weighted by Gasteiger charge is 2.16. The van der Waals surface area contributed by atoms with Crippen LogP contribution in [0.1, 0.15) is 37.9 Å². The van der Waals surface area contributed by atoms with Crippen LogP contribution in [-0.4, -0.2) is 31.1 Å². The minimum atomic E-state index is -1.02. The van der Waals surface area contributed by atoms with Crippen LogP contribution in [0.15, 0.2) is 60.7 Å². The van der Waals surface area contributed by atoms with E-state index < -0.39 is 5.97 Å². The maximum absolute atomic E-state index is 12.4. The molecule has 0 saturated heterocycles. The normalized spacial score (nSPS) is 11.7. The first-order valence-electron chi connectivity index (χ1n) is 8.87. The number of hydrogen-bond donors (Lipinski definition) is 2. The van der Waals surface area contributed by atoms with Crippen LogP contribution in [0.4, 0.5) is 5.69 Å². The van der Waals surface area contributed by atoms with E-state index in [0.717, 1.165) is 33.7 Å². The molecule has 6 heteroatoms. The van der Waals surface area contributed by atoms with E-state index in [9.17, 15) is 9.59 Å². The van der Waals surface area contributed by atoms with Crippen molar-refractivity contribution >= 4 is 28.9 Å². The Kier molecular flexibility index (Phi) is 5.80. The third-order valence-corrected chi connectivity index (χ3v) is 5.56. The monoisotopic (exact) mass is 394 g/mol. The molecule has 0 fully saturated rings. The summed E-state index contributed by atoms with van der Waals surface area (Å²) in [6.45, 7) is 1.91. The summed E-state index contributed by atoms with van der Waals surface area (Å²) in [5.41, 5.74) is 4.30. The quantitative estimate of drug-likeness (QED) is 0.637. The number of carboxylic acids is 1. The topological polar surface area (TPSA) is 69.6 Å². The van der Waals surface area contributed by atoms with Crippen molar-refractivity contribution in [2.45, 2.75) is 13.0 Å². The Balaban J connectivity index is 1.75. The summed E-state index contributed by atoms with van der Waals surface area (Å²) >= 11 is 0.974. The molecular weight excluding hydrogens is 372 g/mol. The number of carbonyl (C=O) groups excluding carboxylic acids is 1. The zero-order valence-corrected chi connectivity index (χ0v) is 16.8. The predicted octanol–water partition coefficient (Wildman–Crippen LogP) is 4.67. The maximum atomic E-state index is 12.4. The molecule has 0 radical (unpaired) electrons. The number of nitrogens with zero attached hydrogens (tertiary/aromatic N) is 1. The lowest BCUT2D eigenvalue weighted by Crippen LogP contribution is -2.25. The third kappa shape index (κ3) is 4.40. The number of thiophene rings is 1. The highest BCUT2D eigenvalue weighted by Crippen LogP contribution is 2.26. The lowest BCUT2D eigenvalue weighted by Gasteiger charge is -2.16. The smallest absolute Gasteiger partial charge is 0.345 e. The van der Waals surface area contributed by atoms with E-state index in [1.807, 2.05) is 39.2 Å². The standard InChI is InChI=1S/C22H22N2O3S/c1-14(23-21(25)19-11-12-20(28-19)22(26)27)16-5-4-6-17(13-16)15-7-9-18(10-8-15)24(2)3/h4-14H,1-3H3,(H,23,25)(H,26,27). The first-order chi connectivity index (χ1) is 13.3. The number of rotatable bonds is 6. The van der Waals surface area contributed by atoms with E-state index in [1.165, 1.54) is 6.07 Å². The summed E-state index contributed by atoms with van der Waals surface area (Å²) < 4.78 is 0. The third-order valence-electron chi connectivity index (χ3n) is 4.49. The van der Waals surface area contributed by atoms with Crippen molar-refractivity contribution in [1.82, 2.24) is 5.32 Å². The fourth-order valence-corrected chi connectivity index (χ4v) is 3.61. The largest absolute Gasteiger partial charge is 0.477 e. The number of hydrogen-bond acceptors (Lipinski definition) is 4. The molecule has 1 heterocycles. The fraction of sp³-hybridized carbons (Fsp3) is 0.182. The predicted molar refractivity (Wildman–Crippen MR) is 113 cm³/mol. The molecule has 3 aromatic rings. The average Bonchev–Trinajstić information content (AvgIpc) is 3.19. The van der Waals surface area contributed by atoms with Crippen molar-refractivity contribution < 1.29 is 14.7 Å². The van der Waals surface area contributed by atoms with Gasteiger partial charge in [0.2, 0.25) is 0 Å². The second-order valence-corrected chi connectivity index (χ2v) is 7.81. The van der Waals surface area contributed by atoms with Gasteiger partial charge in [-0.15, -0.1) is 11.3 Å². The van der Waals surface area contributed by atoms with Crippen LogP contribution in [0.2, 0.25) is 0 Å². The van der Waals surface area contributed by atoms with Gasteiger partial charge in [0.1, 0.15) is 4.88 Å². The first kappa shape index (κ1) is 19.6. The van der Waals surface area contributed by atoms with Gasteiger partial charge >= 0.3 is 5.97 Å². The van der Waals surface area contributed by atoms with Crippen LogP contribution in [-0.2, 0) is 0 Å². The molecule has 0 aliphatic rings. The van der Waals surface area contributed by atoms with Crippen molar-refractivity contribution in [2.75, 3.05) is 19.0 Å². The van der Waals surface area contributed by atoms with E-state index in [1.54, 1.807) is 6.07 Å². The van der Waals surface area contributed by atoms with Gasteiger partial charge in [0.25, 0.3) is 5.91 Å². The molecule has 0 aliphatic heterocycles. The average molecular weight is 394 g/mol. The molecule has 144 valence electrons. The number of aromatic carboxylic acids is 1. The van der Waals surface area contributed by atoms with Crippen LogP contribution in [0.3, 0.4) is 0 Å². The zero-order valence-electron chi connectivity index (χ0n) is 16.0. The Morgan fingerprint density at radius 3 is 2.25 bits per heavy atom. The van der Waals surface area contributed by atoms with E-state index in [0.29, 0.717) is 4.88 Å². The van der Waals surface area contributed by atoms with E-state index in [4.69, 9.17) is 5.11 Å². The van der Waals surface area contributed by atoms with Crippen LogP contribution >= 0.6 is 11.3 Å². The Morgan fingerprint density at radius 1 is 0.964 bits per heavy atom. The number of anilines is 1. The SMILES string of the molecule is CC(NC(=O)c1ccc(C(=O)O)s1)c1cccc(-c2ccc(N(C)C)cc2)c1. The summed E-state index contributed by atoms with van der Waals surface area (Å²) in [4.78, 5) is 26.0. The molecule has 1 unspecified atom stereocenters. The minimum Gasteiger partial charge on any atom is -0.477 e. The summed E-state index contributed by atoms with van der Waals surface area (Å²) in [6, 6.07) is 19.1. The summed E-state index contributed by atoms with van der Waals surface area (Å²) in [5.74, 6) is -1.30. The molecule has 28 heavy (non-hydrogen) atoms. The van der Waals surface area contributed by atoms with Crippen molar-refractivity contribution in [1.29, 1.82) is 0 Å². The fourth-order valence-electron chi connectivity index (χ4n) is 2.87. The Morgan fingerprint density at radius 2 is 1.64 bits per heavy atom. The molecular formula is C22H22N2O3S. The molecule has 2 aromatic carbocycles. The van der Waals surface area contributed by atoms with Crippen molar-refractivity contribution in [3.63, 3.8) is 0 Å². The van der Waals surface area contributed by atoms with Gasteiger partial charge in [-0.1, -0.05) is 30.3 Å². The second kappa shape index (κ2) is 8.27. The maximum Gasteiger partial charge on any atom is 0.345 e. The molecule has 0 spiro atoms. The number of nitrogens with one attached hydrogen (secondary N) is 1. The molecule has 0 saturated carbocycles. The highest BCUT2D eigenvalue weighted by molar-refractivity contribution is 7.15. The van der Waals surface area contributed by atoms with E-state index in [2.05, 4.69) is 40.5 Å². The zero-order chi connectivity index (χ0) is 20.3. The van der Waals surface area contributed by atoms with Gasteiger partial charge in [0.05, 0.1) is 10.9 Å². The van der Waals surface area contributed by atoms with Crippen molar-refractivity contribution in [2.24, 2.45) is 0 Å². The number of carboxylic acid groups (broad SMARTS) is 1. The van der Waals surface area contributed by atoms with Crippen LogP contribution in [0, 0.1) is 0 Å². The number of benzene rings is 2. The van der Waals surface area contributed by atoms with Crippen molar-refractivity contribution in [3.8, 4) is 11.1 Å². The van der Waals surface area contributed by atoms with E-state index in [-0.39, 0.29) is 16.8 Å². The summed E-state index contributed by atoms with van der Waals surface area (Å²) in [7, 11) is 4.01. The molecule has 1 aromatic heterocycles. The van der Waals surface area contributed by atoms with Gasteiger partial charge < -0.3 is 15.3 Å². The molecule has 0 aliphatic carbocycles. The van der Waals surface area contributed by atoms with E-state index >= 15 is 0 Å². The highest BCUT2D eigenvalue weighted by atomic mass is 32.1. The Hall–Kier alpha value is -3.12. The summed E-state index contributed by atoms with van der Waals surface area (Å²) in [6.07, 6.45) is 0. The molecule has 3 rings (SSSR count).